The molecule has 2 aromatic heterocycles. The Labute approximate surface area is 145 Å². The third-order valence-electron chi connectivity index (χ3n) is 4.00. The molecule has 0 aliphatic rings. The number of H-pyrrole nitrogens is 1. The van der Waals surface area contributed by atoms with Crippen LogP contribution in [0, 0.1) is 0 Å². The molecule has 0 fully saturated rings. The van der Waals surface area contributed by atoms with Crippen molar-refractivity contribution in [2.24, 2.45) is 0 Å². The van der Waals surface area contributed by atoms with Crippen LogP contribution >= 0.6 is 23.8 Å². The maximum atomic E-state index is 5.98. The van der Waals surface area contributed by atoms with E-state index in [1.807, 2.05) is 24.5 Å². The summed E-state index contributed by atoms with van der Waals surface area (Å²) in [5.41, 5.74) is 10.0. The quantitative estimate of drug-likeness (QED) is 0.502. The molecule has 3 rings (SSSR count). The lowest BCUT2D eigenvalue weighted by Crippen LogP contribution is -2.02. The van der Waals surface area contributed by atoms with Crippen molar-refractivity contribution in [2.75, 3.05) is 5.73 Å². The van der Waals surface area contributed by atoms with E-state index in [1.165, 1.54) is 10.9 Å². The standard InChI is InChI=1S/C18H18ClN3S/c19-14-4-1-13(17(20)11-14)3-6-15(23)5-2-12-7-9-21-18-16(12)8-10-22-18/h1,4,7-11H,2-3,5-6,20H2,(H,21,22). The average Bonchev–Trinajstić information content (AvgIpc) is 3.01. The summed E-state index contributed by atoms with van der Waals surface area (Å²) in [7, 11) is 0. The zero-order valence-corrected chi connectivity index (χ0v) is 14.3. The van der Waals surface area contributed by atoms with Gasteiger partial charge in [0, 0.05) is 28.5 Å². The van der Waals surface area contributed by atoms with Crippen LogP contribution in [0.2, 0.25) is 5.02 Å². The summed E-state index contributed by atoms with van der Waals surface area (Å²) in [6.45, 7) is 0. The summed E-state index contributed by atoms with van der Waals surface area (Å²) in [4.78, 5) is 8.51. The van der Waals surface area contributed by atoms with Crippen molar-refractivity contribution in [3.05, 3.63) is 58.9 Å². The number of rotatable bonds is 6. The highest BCUT2D eigenvalue weighted by Gasteiger charge is 2.06. The molecule has 0 radical (unpaired) electrons. The van der Waals surface area contributed by atoms with E-state index in [0.717, 1.165) is 47.4 Å². The van der Waals surface area contributed by atoms with Gasteiger partial charge in [-0.05, 0) is 65.9 Å². The van der Waals surface area contributed by atoms with Gasteiger partial charge in [-0.25, -0.2) is 4.98 Å². The molecule has 3 nitrogen and oxygen atoms in total. The average molecular weight is 344 g/mol. The van der Waals surface area contributed by atoms with Crippen LogP contribution in [-0.4, -0.2) is 14.8 Å². The predicted octanol–water partition coefficient (Wildman–Crippen LogP) is 4.73. The number of hydrogen-bond acceptors (Lipinski definition) is 3. The number of nitrogen functional groups attached to an aromatic ring is 1. The minimum atomic E-state index is 0.669. The highest BCUT2D eigenvalue weighted by atomic mass is 35.5. The number of pyridine rings is 1. The molecule has 0 saturated heterocycles. The Morgan fingerprint density at radius 1 is 1.13 bits per heavy atom. The van der Waals surface area contributed by atoms with Gasteiger partial charge in [0.2, 0.25) is 0 Å². The van der Waals surface area contributed by atoms with Crippen LogP contribution in [0.5, 0.6) is 0 Å². The molecule has 3 aromatic rings. The fourth-order valence-electron chi connectivity index (χ4n) is 2.70. The van der Waals surface area contributed by atoms with Crippen LogP contribution in [0.4, 0.5) is 5.69 Å². The number of hydrogen-bond donors (Lipinski definition) is 2. The van der Waals surface area contributed by atoms with Gasteiger partial charge >= 0.3 is 0 Å². The highest BCUT2D eigenvalue weighted by Crippen LogP contribution is 2.21. The Morgan fingerprint density at radius 2 is 1.91 bits per heavy atom. The Balaban J connectivity index is 1.56. The van der Waals surface area contributed by atoms with Gasteiger partial charge in [-0.2, -0.15) is 0 Å². The first-order chi connectivity index (χ1) is 11.1. The Morgan fingerprint density at radius 3 is 2.70 bits per heavy atom. The SMILES string of the molecule is Nc1cc(Cl)ccc1CCC(=S)CCc1ccnc2[nH]ccc12. The van der Waals surface area contributed by atoms with Crippen LogP contribution < -0.4 is 5.73 Å². The molecule has 23 heavy (non-hydrogen) atoms. The molecule has 0 aliphatic carbocycles. The summed E-state index contributed by atoms with van der Waals surface area (Å²) in [5, 5.41) is 1.85. The largest absolute Gasteiger partial charge is 0.398 e. The molecule has 0 atom stereocenters. The van der Waals surface area contributed by atoms with Gasteiger partial charge in [-0.1, -0.05) is 29.9 Å². The van der Waals surface area contributed by atoms with Gasteiger partial charge in [0.1, 0.15) is 5.65 Å². The summed E-state index contributed by atoms with van der Waals surface area (Å²) in [6, 6.07) is 9.77. The second kappa shape index (κ2) is 7.11. The fraction of sp³-hybridized carbons (Fsp3) is 0.222. The van der Waals surface area contributed by atoms with E-state index in [0.29, 0.717) is 5.02 Å². The van der Waals surface area contributed by atoms with Crippen LogP contribution in [0.1, 0.15) is 24.0 Å². The molecule has 118 valence electrons. The number of aromatic nitrogens is 2. The number of aryl methyl sites for hydroxylation is 2. The fourth-order valence-corrected chi connectivity index (χ4v) is 3.09. The van der Waals surface area contributed by atoms with Gasteiger partial charge in [-0.3, -0.25) is 0 Å². The van der Waals surface area contributed by atoms with Crippen molar-refractivity contribution in [1.29, 1.82) is 0 Å². The second-order valence-electron chi connectivity index (χ2n) is 5.59. The molecule has 0 bridgehead atoms. The summed E-state index contributed by atoms with van der Waals surface area (Å²) in [6.07, 6.45) is 7.31. The highest BCUT2D eigenvalue weighted by molar-refractivity contribution is 7.80. The van der Waals surface area contributed by atoms with Gasteiger partial charge in [-0.15, -0.1) is 0 Å². The first kappa shape index (κ1) is 16.0. The maximum absolute atomic E-state index is 5.98. The second-order valence-corrected chi connectivity index (χ2v) is 6.61. The van der Waals surface area contributed by atoms with Crippen LogP contribution in [0.25, 0.3) is 11.0 Å². The molecule has 5 heteroatoms. The van der Waals surface area contributed by atoms with Crippen molar-refractivity contribution in [2.45, 2.75) is 25.7 Å². The zero-order chi connectivity index (χ0) is 16.2. The molecule has 1 aromatic carbocycles. The van der Waals surface area contributed by atoms with E-state index < -0.39 is 0 Å². The number of benzene rings is 1. The minimum absolute atomic E-state index is 0.669. The maximum Gasteiger partial charge on any atom is 0.137 e. The lowest BCUT2D eigenvalue weighted by molar-refractivity contribution is 0.981. The van der Waals surface area contributed by atoms with E-state index in [9.17, 15) is 0 Å². The van der Waals surface area contributed by atoms with Crippen molar-refractivity contribution in [3.63, 3.8) is 0 Å². The monoisotopic (exact) mass is 343 g/mol. The third-order valence-corrected chi connectivity index (χ3v) is 4.65. The topological polar surface area (TPSA) is 54.7 Å². The van der Waals surface area contributed by atoms with Crippen LogP contribution in [-0.2, 0) is 12.8 Å². The molecule has 0 spiro atoms. The van der Waals surface area contributed by atoms with E-state index in [4.69, 9.17) is 29.6 Å². The van der Waals surface area contributed by atoms with Crippen LogP contribution in [0.15, 0.2) is 42.7 Å². The van der Waals surface area contributed by atoms with Crippen molar-refractivity contribution in [3.8, 4) is 0 Å². The molecular weight excluding hydrogens is 326 g/mol. The molecule has 2 heterocycles. The molecule has 0 aliphatic heterocycles. The summed E-state index contributed by atoms with van der Waals surface area (Å²) in [5.74, 6) is 0. The summed E-state index contributed by atoms with van der Waals surface area (Å²) < 4.78 is 0. The van der Waals surface area contributed by atoms with Crippen molar-refractivity contribution >= 4 is 45.4 Å². The van der Waals surface area contributed by atoms with Gasteiger partial charge in [0.05, 0.1) is 0 Å². The van der Waals surface area contributed by atoms with E-state index in [-0.39, 0.29) is 0 Å². The molecule has 0 amide bonds. The number of halogens is 1. The Hall–Kier alpha value is -1.91. The Bertz CT molecular complexity index is 841. The van der Waals surface area contributed by atoms with Gasteiger partial charge in [0.25, 0.3) is 0 Å². The molecule has 3 N–H and O–H groups in total. The first-order valence-electron chi connectivity index (χ1n) is 7.60. The van der Waals surface area contributed by atoms with Crippen LogP contribution in [0.3, 0.4) is 0 Å². The number of nitrogens with one attached hydrogen (secondary N) is 1. The lowest BCUT2D eigenvalue weighted by Gasteiger charge is -2.08. The van der Waals surface area contributed by atoms with E-state index in [2.05, 4.69) is 22.1 Å². The number of aromatic amines is 1. The molecule has 0 saturated carbocycles. The third kappa shape index (κ3) is 3.89. The number of thiocarbonyl (C=S) groups is 1. The lowest BCUT2D eigenvalue weighted by atomic mass is 10.0. The smallest absolute Gasteiger partial charge is 0.137 e. The van der Waals surface area contributed by atoms with E-state index >= 15 is 0 Å². The van der Waals surface area contributed by atoms with Gasteiger partial charge < -0.3 is 10.7 Å². The first-order valence-corrected chi connectivity index (χ1v) is 8.38. The normalized spacial score (nSPS) is 11.0. The number of anilines is 1. The minimum Gasteiger partial charge on any atom is -0.398 e. The number of fused-ring (bicyclic) bond motifs is 1. The van der Waals surface area contributed by atoms with Crippen molar-refractivity contribution < 1.29 is 0 Å². The zero-order valence-electron chi connectivity index (χ0n) is 12.7. The molecule has 0 unspecified atom stereocenters. The molecular formula is C18H18ClN3S. The predicted molar refractivity (Wildman–Crippen MR) is 101 cm³/mol. The number of nitrogens with zero attached hydrogens (tertiary/aromatic N) is 1. The van der Waals surface area contributed by atoms with E-state index in [1.54, 1.807) is 6.07 Å². The summed E-state index contributed by atoms with van der Waals surface area (Å²) >= 11 is 11.5. The van der Waals surface area contributed by atoms with Crippen molar-refractivity contribution in [1.82, 2.24) is 9.97 Å². The Kier molecular flexibility index (Phi) is 4.94. The number of nitrogens with two attached hydrogens (primary N) is 1. The van der Waals surface area contributed by atoms with Gasteiger partial charge in [0.15, 0.2) is 0 Å².